The first-order valence-corrected chi connectivity index (χ1v) is 7.92. The minimum Gasteiger partial charge on any atom is -0.478 e. The summed E-state index contributed by atoms with van der Waals surface area (Å²) in [6.45, 7) is 4.17. The third-order valence-corrected chi connectivity index (χ3v) is 3.96. The van der Waals surface area contributed by atoms with Crippen LogP contribution in [-0.2, 0) is 0 Å². The van der Waals surface area contributed by atoms with Gasteiger partial charge in [0.2, 0.25) is 5.95 Å². The highest BCUT2D eigenvalue weighted by Crippen LogP contribution is 2.30. The molecule has 0 bridgehead atoms. The predicted octanol–water partition coefficient (Wildman–Crippen LogP) is 3.11. The molecular weight excluding hydrogens is 318 g/mol. The summed E-state index contributed by atoms with van der Waals surface area (Å²) >= 11 is 0. The van der Waals surface area contributed by atoms with E-state index in [9.17, 15) is 9.90 Å². The van der Waals surface area contributed by atoms with Crippen LogP contribution in [0.1, 0.15) is 35.8 Å². The molecule has 7 heteroatoms. The van der Waals surface area contributed by atoms with Crippen LogP contribution in [0.3, 0.4) is 0 Å². The van der Waals surface area contributed by atoms with Gasteiger partial charge in [0.05, 0.1) is 17.1 Å². The lowest BCUT2D eigenvalue weighted by atomic mass is 9.97. The van der Waals surface area contributed by atoms with Crippen molar-refractivity contribution in [3.63, 3.8) is 0 Å². The third kappa shape index (κ3) is 3.50. The molecule has 1 aromatic carbocycles. The van der Waals surface area contributed by atoms with Crippen LogP contribution in [0.5, 0.6) is 0 Å². The summed E-state index contributed by atoms with van der Waals surface area (Å²) in [5, 5.41) is 13.2. The Morgan fingerprint density at radius 1 is 1.24 bits per heavy atom. The Hall–Kier alpha value is -3.22. The van der Waals surface area contributed by atoms with Crippen molar-refractivity contribution in [2.45, 2.75) is 19.9 Å². The Balaban J connectivity index is 2.10. The van der Waals surface area contributed by atoms with E-state index in [4.69, 9.17) is 5.73 Å². The van der Waals surface area contributed by atoms with E-state index in [0.29, 0.717) is 16.7 Å². The number of anilines is 2. The number of aromatic carboxylic acids is 1. The molecule has 2 heterocycles. The Morgan fingerprint density at radius 2 is 2.04 bits per heavy atom. The molecule has 0 amide bonds. The number of carbonyl (C=O) groups is 1. The van der Waals surface area contributed by atoms with E-state index in [-0.39, 0.29) is 23.5 Å². The first-order valence-electron chi connectivity index (χ1n) is 7.92. The Kier molecular flexibility index (Phi) is 4.47. The molecule has 0 aliphatic rings. The van der Waals surface area contributed by atoms with Crippen molar-refractivity contribution in [3.05, 3.63) is 53.9 Å². The normalized spacial score (nSPS) is 12.3. The molecule has 0 saturated heterocycles. The van der Waals surface area contributed by atoms with Gasteiger partial charge in [0.1, 0.15) is 5.82 Å². The predicted molar refractivity (Wildman–Crippen MR) is 96.3 cm³/mol. The van der Waals surface area contributed by atoms with Gasteiger partial charge in [-0.1, -0.05) is 19.9 Å². The van der Waals surface area contributed by atoms with Crippen molar-refractivity contribution in [2.75, 3.05) is 11.1 Å². The van der Waals surface area contributed by atoms with Crippen molar-refractivity contribution >= 4 is 28.6 Å². The largest absolute Gasteiger partial charge is 0.478 e. The molecule has 0 spiro atoms. The summed E-state index contributed by atoms with van der Waals surface area (Å²) in [4.78, 5) is 23.9. The Morgan fingerprint density at radius 3 is 2.68 bits per heavy atom. The Bertz CT molecular complexity index is 912. The van der Waals surface area contributed by atoms with E-state index in [1.807, 2.05) is 12.1 Å². The van der Waals surface area contributed by atoms with Gasteiger partial charge in [-0.05, 0) is 35.7 Å². The first kappa shape index (κ1) is 16.6. The topological polar surface area (TPSA) is 114 Å². The number of nitrogens with two attached hydrogens (primary N) is 1. The lowest BCUT2D eigenvalue weighted by Crippen LogP contribution is -2.18. The highest BCUT2D eigenvalue weighted by atomic mass is 16.4. The number of hydrogen-bond donors (Lipinski definition) is 3. The molecule has 4 N–H and O–H groups in total. The lowest BCUT2D eigenvalue weighted by Gasteiger charge is -2.24. The molecule has 3 rings (SSSR count). The van der Waals surface area contributed by atoms with Crippen molar-refractivity contribution < 1.29 is 9.90 Å². The van der Waals surface area contributed by atoms with Crippen LogP contribution in [-0.4, -0.2) is 26.0 Å². The number of pyridine rings is 1. The number of nitrogens with one attached hydrogen (secondary N) is 1. The fourth-order valence-corrected chi connectivity index (χ4v) is 2.73. The molecule has 25 heavy (non-hydrogen) atoms. The summed E-state index contributed by atoms with van der Waals surface area (Å²) < 4.78 is 0. The summed E-state index contributed by atoms with van der Waals surface area (Å²) in [6.07, 6.45) is 3.52. The molecule has 7 nitrogen and oxygen atoms in total. The average Bonchev–Trinajstić information content (AvgIpc) is 2.59. The molecule has 0 radical (unpaired) electrons. The number of aromatic nitrogens is 3. The summed E-state index contributed by atoms with van der Waals surface area (Å²) in [5.41, 5.74) is 7.60. The van der Waals surface area contributed by atoms with E-state index < -0.39 is 5.97 Å². The quantitative estimate of drug-likeness (QED) is 0.655. The van der Waals surface area contributed by atoms with Gasteiger partial charge in [-0.3, -0.25) is 4.98 Å². The van der Waals surface area contributed by atoms with Gasteiger partial charge < -0.3 is 16.2 Å². The van der Waals surface area contributed by atoms with Crippen LogP contribution in [0.15, 0.2) is 42.7 Å². The van der Waals surface area contributed by atoms with E-state index in [1.54, 1.807) is 24.5 Å². The summed E-state index contributed by atoms with van der Waals surface area (Å²) in [6, 6.07) is 8.50. The minimum atomic E-state index is -1.00. The number of benzene rings is 1. The second kappa shape index (κ2) is 6.72. The fourth-order valence-electron chi connectivity index (χ4n) is 2.73. The molecule has 0 saturated carbocycles. The van der Waals surface area contributed by atoms with E-state index >= 15 is 0 Å². The average molecular weight is 337 g/mol. The van der Waals surface area contributed by atoms with Gasteiger partial charge >= 0.3 is 5.97 Å². The number of nitrogens with zero attached hydrogens (tertiary/aromatic N) is 3. The van der Waals surface area contributed by atoms with Gasteiger partial charge in [0, 0.05) is 17.8 Å². The zero-order chi connectivity index (χ0) is 18.0. The molecule has 128 valence electrons. The highest BCUT2D eigenvalue weighted by molar-refractivity contribution is 5.97. The third-order valence-electron chi connectivity index (χ3n) is 3.96. The molecular formula is C18H19N5O2. The number of nitrogen functional groups attached to an aromatic ring is 1. The van der Waals surface area contributed by atoms with Crippen LogP contribution < -0.4 is 11.1 Å². The zero-order valence-corrected chi connectivity index (χ0v) is 14.0. The first-order chi connectivity index (χ1) is 12.0. The number of carboxylic acid groups (broad SMARTS) is 1. The number of carboxylic acids is 1. The zero-order valence-electron chi connectivity index (χ0n) is 14.0. The van der Waals surface area contributed by atoms with Crippen LogP contribution >= 0.6 is 0 Å². The van der Waals surface area contributed by atoms with Gasteiger partial charge in [0.15, 0.2) is 0 Å². The highest BCUT2D eigenvalue weighted by Gasteiger charge is 2.19. The second-order valence-corrected chi connectivity index (χ2v) is 6.12. The van der Waals surface area contributed by atoms with Gasteiger partial charge in [-0.2, -0.15) is 4.98 Å². The van der Waals surface area contributed by atoms with E-state index in [0.717, 1.165) is 5.56 Å². The molecule has 1 atom stereocenters. The Labute approximate surface area is 144 Å². The SMILES string of the molecule is CC(C)[C@H](Nc1nc(N)nc2ccc(C(=O)O)cc12)c1cccnc1. The van der Waals surface area contributed by atoms with Crippen molar-refractivity contribution in [1.82, 2.24) is 15.0 Å². The maximum Gasteiger partial charge on any atom is 0.335 e. The van der Waals surface area contributed by atoms with Crippen LogP contribution in [0.4, 0.5) is 11.8 Å². The van der Waals surface area contributed by atoms with Crippen LogP contribution in [0.25, 0.3) is 10.9 Å². The van der Waals surface area contributed by atoms with Gasteiger partial charge in [-0.25, -0.2) is 9.78 Å². The molecule has 0 unspecified atom stereocenters. The minimum absolute atomic E-state index is 0.0558. The molecule has 0 aliphatic carbocycles. The van der Waals surface area contributed by atoms with E-state index in [2.05, 4.69) is 34.1 Å². The number of hydrogen-bond acceptors (Lipinski definition) is 6. The molecule has 3 aromatic rings. The second-order valence-electron chi connectivity index (χ2n) is 6.12. The van der Waals surface area contributed by atoms with Crippen molar-refractivity contribution in [1.29, 1.82) is 0 Å². The maximum atomic E-state index is 11.3. The summed E-state index contributed by atoms with van der Waals surface area (Å²) in [5.74, 6) is -0.115. The number of rotatable bonds is 5. The van der Waals surface area contributed by atoms with Crippen molar-refractivity contribution in [2.24, 2.45) is 5.92 Å². The van der Waals surface area contributed by atoms with E-state index in [1.165, 1.54) is 6.07 Å². The molecule has 2 aromatic heterocycles. The van der Waals surface area contributed by atoms with Crippen LogP contribution in [0, 0.1) is 5.92 Å². The van der Waals surface area contributed by atoms with Crippen LogP contribution in [0.2, 0.25) is 0 Å². The summed E-state index contributed by atoms with van der Waals surface area (Å²) in [7, 11) is 0. The molecule has 0 aliphatic heterocycles. The standard InChI is InChI=1S/C18H19N5O2/c1-10(2)15(12-4-3-7-20-9-12)22-16-13-8-11(17(24)25)5-6-14(13)21-18(19)23-16/h3-10,15H,1-2H3,(H,24,25)(H3,19,21,22,23)/t15-/m0/s1. The monoisotopic (exact) mass is 337 g/mol. The van der Waals surface area contributed by atoms with Gasteiger partial charge in [-0.15, -0.1) is 0 Å². The lowest BCUT2D eigenvalue weighted by molar-refractivity contribution is 0.0697. The smallest absolute Gasteiger partial charge is 0.335 e. The maximum absolute atomic E-state index is 11.3. The molecule has 0 fully saturated rings. The van der Waals surface area contributed by atoms with Crippen molar-refractivity contribution in [3.8, 4) is 0 Å². The fraction of sp³-hybridized carbons (Fsp3) is 0.222. The number of fused-ring (bicyclic) bond motifs is 1. The van der Waals surface area contributed by atoms with Gasteiger partial charge in [0.25, 0.3) is 0 Å².